The van der Waals surface area contributed by atoms with Crippen LogP contribution in [0.2, 0.25) is 0 Å². The molecule has 0 bridgehead atoms. The van der Waals surface area contributed by atoms with Gasteiger partial charge in [0.25, 0.3) is 0 Å². The van der Waals surface area contributed by atoms with Crippen LogP contribution in [0.1, 0.15) is 27.2 Å². The Morgan fingerprint density at radius 1 is 1.16 bits per heavy atom. The zero-order valence-corrected chi connectivity index (χ0v) is 12.0. The van der Waals surface area contributed by atoms with E-state index in [1.54, 1.807) is 0 Å². The van der Waals surface area contributed by atoms with Crippen LogP contribution in [0.25, 0.3) is 0 Å². The van der Waals surface area contributed by atoms with Gasteiger partial charge in [-0.1, -0.05) is 0 Å². The van der Waals surface area contributed by atoms with Crippen molar-refractivity contribution in [1.29, 1.82) is 0 Å². The summed E-state index contributed by atoms with van der Waals surface area (Å²) in [4.78, 5) is 19.3. The first-order valence-corrected chi connectivity index (χ1v) is 6.80. The summed E-state index contributed by atoms with van der Waals surface area (Å²) in [5, 5.41) is 8.74. The van der Waals surface area contributed by atoms with Crippen molar-refractivity contribution in [2.45, 2.75) is 27.2 Å². The molecule has 0 saturated carbocycles. The SMILES string of the molecule is CCN(CCC(=O)O)c1ccc(N(CC)CC)nc1. The van der Waals surface area contributed by atoms with Crippen LogP contribution in [0.5, 0.6) is 0 Å². The Morgan fingerprint density at radius 3 is 2.21 bits per heavy atom. The fraction of sp³-hybridized carbons (Fsp3) is 0.571. The molecule has 0 amide bonds. The maximum atomic E-state index is 10.6. The van der Waals surface area contributed by atoms with Gasteiger partial charge in [0.1, 0.15) is 5.82 Å². The number of rotatable bonds is 8. The predicted molar refractivity (Wildman–Crippen MR) is 77.9 cm³/mol. The van der Waals surface area contributed by atoms with Gasteiger partial charge in [-0.05, 0) is 32.9 Å². The molecular weight excluding hydrogens is 242 g/mol. The van der Waals surface area contributed by atoms with E-state index in [0.29, 0.717) is 6.54 Å². The number of carboxylic acids is 1. The molecule has 1 rings (SSSR count). The zero-order chi connectivity index (χ0) is 14.3. The molecule has 1 N–H and O–H groups in total. The Bertz CT molecular complexity index is 388. The molecule has 0 aliphatic heterocycles. The second-order valence-electron chi connectivity index (χ2n) is 4.27. The molecule has 5 heteroatoms. The van der Waals surface area contributed by atoms with Gasteiger partial charge in [0.15, 0.2) is 0 Å². The normalized spacial score (nSPS) is 10.3. The van der Waals surface area contributed by atoms with Gasteiger partial charge in [0, 0.05) is 26.2 Å². The van der Waals surface area contributed by atoms with Crippen LogP contribution in [0.4, 0.5) is 11.5 Å². The Morgan fingerprint density at radius 2 is 1.79 bits per heavy atom. The quantitative estimate of drug-likeness (QED) is 0.781. The van der Waals surface area contributed by atoms with Crippen molar-refractivity contribution in [1.82, 2.24) is 4.98 Å². The van der Waals surface area contributed by atoms with Gasteiger partial charge < -0.3 is 14.9 Å². The van der Waals surface area contributed by atoms with E-state index in [0.717, 1.165) is 31.1 Å². The molecule has 106 valence electrons. The topological polar surface area (TPSA) is 56.7 Å². The molecule has 0 aliphatic rings. The van der Waals surface area contributed by atoms with Gasteiger partial charge in [-0.3, -0.25) is 4.79 Å². The number of carboxylic acid groups (broad SMARTS) is 1. The van der Waals surface area contributed by atoms with Crippen molar-refractivity contribution in [3.05, 3.63) is 18.3 Å². The maximum absolute atomic E-state index is 10.6. The molecule has 1 aromatic heterocycles. The van der Waals surface area contributed by atoms with Crippen molar-refractivity contribution in [3.63, 3.8) is 0 Å². The van der Waals surface area contributed by atoms with Crippen LogP contribution in [0, 0.1) is 0 Å². The van der Waals surface area contributed by atoms with Crippen LogP contribution in [0.3, 0.4) is 0 Å². The Labute approximate surface area is 114 Å². The van der Waals surface area contributed by atoms with E-state index in [4.69, 9.17) is 5.11 Å². The molecule has 0 atom stereocenters. The minimum absolute atomic E-state index is 0.144. The van der Waals surface area contributed by atoms with Crippen LogP contribution >= 0.6 is 0 Å². The molecule has 1 aromatic rings. The molecular formula is C14H23N3O2. The van der Waals surface area contributed by atoms with Crippen LogP contribution < -0.4 is 9.80 Å². The van der Waals surface area contributed by atoms with Crippen LogP contribution in [-0.4, -0.2) is 42.2 Å². The van der Waals surface area contributed by atoms with E-state index in [-0.39, 0.29) is 6.42 Å². The molecule has 0 radical (unpaired) electrons. The molecule has 19 heavy (non-hydrogen) atoms. The minimum atomic E-state index is -0.772. The number of aliphatic carboxylic acids is 1. The number of nitrogens with zero attached hydrogens (tertiary/aromatic N) is 3. The van der Waals surface area contributed by atoms with Crippen LogP contribution in [0.15, 0.2) is 18.3 Å². The van der Waals surface area contributed by atoms with Gasteiger partial charge >= 0.3 is 5.97 Å². The minimum Gasteiger partial charge on any atom is -0.481 e. The predicted octanol–water partition coefficient (Wildman–Crippen LogP) is 2.23. The molecule has 0 spiro atoms. The van der Waals surface area contributed by atoms with Gasteiger partial charge in [-0.15, -0.1) is 0 Å². The number of pyridine rings is 1. The standard InChI is InChI=1S/C14H23N3O2/c1-4-16(5-2)13-8-7-12(11-15-13)17(6-3)10-9-14(18)19/h7-8,11H,4-6,9-10H2,1-3H3,(H,18,19). The summed E-state index contributed by atoms with van der Waals surface area (Å²) in [6, 6.07) is 4.00. The summed E-state index contributed by atoms with van der Waals surface area (Å²) < 4.78 is 0. The lowest BCUT2D eigenvalue weighted by Gasteiger charge is -2.24. The van der Waals surface area contributed by atoms with Gasteiger partial charge in [0.05, 0.1) is 18.3 Å². The molecule has 1 heterocycles. The molecule has 5 nitrogen and oxygen atoms in total. The van der Waals surface area contributed by atoms with E-state index in [1.165, 1.54) is 0 Å². The molecule has 0 saturated heterocycles. The summed E-state index contributed by atoms with van der Waals surface area (Å²) in [6.07, 6.45) is 1.96. The van der Waals surface area contributed by atoms with Crippen molar-refractivity contribution in [3.8, 4) is 0 Å². The number of aromatic nitrogens is 1. The number of hydrogen-bond donors (Lipinski definition) is 1. The lowest BCUT2D eigenvalue weighted by molar-refractivity contribution is -0.136. The number of anilines is 2. The fourth-order valence-corrected chi connectivity index (χ4v) is 2.00. The summed E-state index contributed by atoms with van der Waals surface area (Å²) in [5.74, 6) is 0.189. The van der Waals surface area contributed by atoms with E-state index in [2.05, 4.69) is 23.7 Å². The van der Waals surface area contributed by atoms with Crippen molar-refractivity contribution in [2.75, 3.05) is 36.0 Å². The molecule has 0 aliphatic carbocycles. The first-order chi connectivity index (χ1) is 9.12. The van der Waals surface area contributed by atoms with E-state index in [9.17, 15) is 4.79 Å². The highest BCUT2D eigenvalue weighted by Crippen LogP contribution is 2.17. The Balaban J connectivity index is 2.75. The zero-order valence-electron chi connectivity index (χ0n) is 12.0. The highest BCUT2D eigenvalue weighted by molar-refractivity contribution is 5.67. The summed E-state index contributed by atoms with van der Waals surface area (Å²) in [7, 11) is 0. The van der Waals surface area contributed by atoms with Crippen molar-refractivity contribution in [2.24, 2.45) is 0 Å². The second kappa shape index (κ2) is 7.61. The van der Waals surface area contributed by atoms with E-state index in [1.807, 2.05) is 30.2 Å². The Hall–Kier alpha value is -1.78. The highest BCUT2D eigenvalue weighted by atomic mass is 16.4. The summed E-state index contributed by atoms with van der Waals surface area (Å²) in [6.45, 7) is 9.37. The average Bonchev–Trinajstić information content (AvgIpc) is 2.42. The Kier molecular flexibility index (Phi) is 6.12. The van der Waals surface area contributed by atoms with Crippen molar-refractivity contribution >= 4 is 17.5 Å². The fourth-order valence-electron chi connectivity index (χ4n) is 2.00. The molecule has 0 fully saturated rings. The second-order valence-corrected chi connectivity index (χ2v) is 4.27. The first kappa shape index (κ1) is 15.3. The number of carbonyl (C=O) groups is 1. The average molecular weight is 265 g/mol. The molecule has 0 aromatic carbocycles. The van der Waals surface area contributed by atoms with Crippen molar-refractivity contribution < 1.29 is 9.90 Å². The van der Waals surface area contributed by atoms with E-state index >= 15 is 0 Å². The maximum Gasteiger partial charge on any atom is 0.305 e. The third kappa shape index (κ3) is 4.43. The summed E-state index contributed by atoms with van der Waals surface area (Å²) in [5.41, 5.74) is 0.972. The largest absolute Gasteiger partial charge is 0.481 e. The highest BCUT2D eigenvalue weighted by Gasteiger charge is 2.08. The van der Waals surface area contributed by atoms with Gasteiger partial charge in [-0.2, -0.15) is 0 Å². The first-order valence-electron chi connectivity index (χ1n) is 6.80. The lowest BCUT2D eigenvalue weighted by atomic mass is 10.3. The number of hydrogen-bond acceptors (Lipinski definition) is 4. The van der Waals surface area contributed by atoms with E-state index < -0.39 is 5.97 Å². The van der Waals surface area contributed by atoms with Gasteiger partial charge in [-0.25, -0.2) is 4.98 Å². The lowest BCUT2D eigenvalue weighted by Crippen LogP contribution is -2.26. The monoisotopic (exact) mass is 265 g/mol. The molecule has 0 unspecified atom stereocenters. The summed E-state index contributed by atoms with van der Waals surface area (Å²) >= 11 is 0. The smallest absolute Gasteiger partial charge is 0.305 e. The van der Waals surface area contributed by atoms with Crippen LogP contribution in [-0.2, 0) is 4.79 Å². The third-order valence-corrected chi connectivity index (χ3v) is 3.16. The third-order valence-electron chi connectivity index (χ3n) is 3.16. The van der Waals surface area contributed by atoms with Gasteiger partial charge in [0.2, 0.25) is 0 Å².